The number of halogens is 7. The molecule has 4 rings (SSSR count). The van der Waals surface area contributed by atoms with Gasteiger partial charge >= 0.3 is 55.5 Å². The van der Waals surface area contributed by atoms with E-state index in [1.54, 1.807) is 30.8 Å². The van der Waals surface area contributed by atoms with Crippen LogP contribution < -0.4 is 15.9 Å². The summed E-state index contributed by atoms with van der Waals surface area (Å²) in [7, 11) is 12.8. The van der Waals surface area contributed by atoms with E-state index in [4.69, 9.17) is 74.9 Å². The van der Waals surface area contributed by atoms with E-state index < -0.39 is 48.5 Å². The molecule has 0 spiro atoms. The number of hydrogen-bond donors (Lipinski definition) is 5. The van der Waals surface area contributed by atoms with E-state index in [1.807, 2.05) is 25.5 Å². The Morgan fingerprint density at radius 1 is 0.381 bits per heavy atom. The van der Waals surface area contributed by atoms with Crippen LogP contribution >= 0.6 is 115 Å². The first kappa shape index (κ1) is 163. The Kier molecular flexibility index (Phi) is 123. The largest absolute Gasteiger partial charge is 0.0622 e. The molecule has 4 aromatic carbocycles. The van der Waals surface area contributed by atoms with Crippen molar-refractivity contribution >= 4 is 183 Å². The molecule has 0 unspecified atom stereocenters. The summed E-state index contributed by atoms with van der Waals surface area (Å²) < 4.78 is 46.4. The molecule has 0 aromatic heterocycles. The maximum atomic E-state index is 10.9. The quantitative estimate of drug-likeness (QED) is 0.00266. The van der Waals surface area contributed by atoms with Crippen molar-refractivity contribution < 1.29 is 62.2 Å². The molecule has 0 radical (unpaired) electrons. The summed E-state index contributed by atoms with van der Waals surface area (Å²) in [5.74, 6) is 13.2. The van der Waals surface area contributed by atoms with Crippen molar-refractivity contribution in [3.63, 3.8) is 0 Å². The number of aliphatic hydroxyl groups is 2. The fourth-order valence-corrected chi connectivity index (χ4v) is 21.5. The van der Waals surface area contributed by atoms with Crippen molar-refractivity contribution in [2.24, 2.45) is 88.8 Å². The van der Waals surface area contributed by atoms with Crippen molar-refractivity contribution in [3.8, 4) is 0 Å². The van der Waals surface area contributed by atoms with Gasteiger partial charge in [-0.25, -0.2) is 10.5 Å². The molecule has 10 atom stereocenters. The zero-order valence-corrected chi connectivity index (χ0v) is 117. The van der Waals surface area contributed by atoms with Crippen LogP contribution in [0.2, 0.25) is 39.3 Å². The molecule has 0 amide bonds. The van der Waals surface area contributed by atoms with Crippen LogP contribution in [0.4, 0.5) is 0 Å². The molecule has 5 N–H and O–H groups in total. The minimum Gasteiger partial charge on any atom is -0.0622 e. The number of rotatable bonds is 66. The van der Waals surface area contributed by atoms with Gasteiger partial charge in [-0.05, 0) is 260 Å². The van der Waals surface area contributed by atoms with Gasteiger partial charge in [-0.2, -0.15) is 20.2 Å². The van der Waals surface area contributed by atoms with Gasteiger partial charge in [0.2, 0.25) is 16.6 Å². The number of ether oxygens (including phenoxy) is 1. The molecule has 0 saturated carbocycles. The number of ketones is 1. The first-order chi connectivity index (χ1) is 68.9. The van der Waals surface area contributed by atoms with Crippen LogP contribution in [0.5, 0.6) is 0 Å². The zero-order chi connectivity index (χ0) is 114. The summed E-state index contributed by atoms with van der Waals surface area (Å²) in [5, 5.41) is 37.3. The summed E-state index contributed by atoms with van der Waals surface area (Å²) >= 11 is 5.19. The molecule has 13 nitrogen and oxygen atoms in total. The zero-order valence-electron chi connectivity index (χ0n) is 99.6. The maximum Gasteiger partial charge on any atom is -0.0134 e. The molecule has 26 heteroatoms. The summed E-state index contributed by atoms with van der Waals surface area (Å²) in [5.41, 5.74) is 2.29. The minimum absolute atomic E-state index is 0.0666. The number of aryl methyl sites for hydroxylation is 1. The standard InChI is InChI=1S/C20H40O.C18H36O2.C18H36O.C18H15P.C16H33I.C16H34O.C7H8O3S.C6H18O2Si2.C2H6S.4ClH.I2.H2O3.Sn/c1-17(2)9-6-10-18(3)11-7-12-19(4)13-8-14-20(5)15-16-21;1-15(2)9-6-10-16(3)11-7-12-17(4)13-8-14-20-18(5)19;1-15(2)9-6-10-16(3)11-7-12-17(4)13-8-14-18(5)19;1-4-10-16(11-5-1)19(17-12-6-2-7-13-17)18-14-8-3-9-15-18;2*1-14(2)8-5-9-15(3)10-6-11-16(4)12-7-13-17;1-6-2-4-7(5-3-6)11(8,9)10;1-9(2,3)7-8-10(4,5)6;1-3-2;;;;;1-2;1-3-2;/h15,17-19,21H,6-14,16H2,1-5H3;15-17H,6-14H2,1-5H3;15-17H,6-14H2,1-5H3;1-15H;14-16H,5-13H2,1-4H3;14-17H,5-13H2,1-4H3;2-5H,1H3,(H,8,9,10);1-6H3;1-2H3;4*1H;;1-2H;/q;;;;;;;;;;;;;;;+4/p-4/b20-15+;;;;;;;;;;;;;;;/t18-,19-;2*16-,17-;;2*15-,16-;;;;;;;;;;/m111.11........../s1. The van der Waals surface area contributed by atoms with E-state index in [-0.39, 0.29) is 17.5 Å². The molecule has 868 valence electrons. The van der Waals surface area contributed by atoms with Crippen LogP contribution in [0.15, 0.2) is 132 Å². The van der Waals surface area contributed by atoms with Crippen molar-refractivity contribution in [3.05, 3.63) is 132 Å². The fraction of sp³-hybridized carbons (Fsp3) is 0.769. The van der Waals surface area contributed by atoms with Gasteiger partial charge in [0.25, 0.3) is 10.1 Å². The van der Waals surface area contributed by atoms with Gasteiger partial charge in [0.05, 0.1) is 18.1 Å². The van der Waals surface area contributed by atoms with E-state index in [0.29, 0.717) is 19.0 Å². The van der Waals surface area contributed by atoms with Crippen molar-refractivity contribution in [1.29, 1.82) is 0 Å². The van der Waals surface area contributed by atoms with Gasteiger partial charge in [-0.3, -0.25) is 18.5 Å². The molecule has 0 aliphatic heterocycles. The van der Waals surface area contributed by atoms with E-state index in [9.17, 15) is 18.0 Å². The normalized spacial score (nSPS) is 13.4. The Morgan fingerprint density at radius 3 is 0.803 bits per heavy atom. The summed E-state index contributed by atoms with van der Waals surface area (Å²) in [6.45, 7) is 68.0. The summed E-state index contributed by atoms with van der Waals surface area (Å²) in [4.78, 5) is 21.5. The number of allylic oxidation sites excluding steroid dienone is 1. The average Bonchev–Trinajstić information content (AvgIpc) is 0.816. The second kappa shape index (κ2) is 111. The van der Waals surface area contributed by atoms with Crippen molar-refractivity contribution in [2.45, 2.75) is 480 Å². The molecule has 0 aliphatic rings. The molecular formula is C121H228Cl4I3O13PS2Si2Sn. The van der Waals surface area contributed by atoms with Gasteiger partial charge in [0, 0.05) is 57.2 Å². The molecule has 0 bridgehead atoms. The van der Waals surface area contributed by atoms with Gasteiger partial charge in [0.15, 0.2) is 0 Å². The van der Waals surface area contributed by atoms with Crippen LogP contribution in [0, 0.1) is 95.7 Å². The average molecular weight is 2680 g/mol. The Bertz CT molecular complexity index is 3420. The molecule has 0 saturated heterocycles. The number of aliphatic hydroxyl groups excluding tert-OH is 2. The number of carbonyl (C=O) groups excluding carboxylic acids is 2. The van der Waals surface area contributed by atoms with Crippen LogP contribution in [0.1, 0.15) is 434 Å². The van der Waals surface area contributed by atoms with Crippen LogP contribution in [0.3, 0.4) is 0 Å². The monoisotopic (exact) mass is 2680 g/mol. The Morgan fingerprint density at radius 2 is 0.599 bits per heavy atom. The Hall–Kier alpha value is 0.752. The third kappa shape index (κ3) is 137. The van der Waals surface area contributed by atoms with E-state index in [2.05, 4.69) is 341 Å². The molecule has 0 heterocycles. The first-order valence-corrected chi connectivity index (χ1v) is 90.1. The third-order valence-corrected chi connectivity index (χ3v) is 30.4. The van der Waals surface area contributed by atoms with Gasteiger partial charge in [-0.1, -0.05) is 492 Å². The smallest absolute Gasteiger partial charge is 0.0134 e. The SMILES string of the molecule is C/C(=C\CO)CCC[C@H](C)CCC[C@H](C)CCCC(C)C.CC(=O)CCC[C@H](C)CCC[C@H](C)CCCC(C)C.CC(=O)OCCC[C@H](C)CCC[C@H](C)CCCC(C)C.CC(C)CCC[C@@H](C)CCC[C@@H](C)CCCI.CC(C)CCC[C@@H](C)CCC[C@@H](C)CCCO.CSC.C[Si](C)(C)OO[Si](C)(C)C.Cc1ccc(S(=O)(=O)O)cc1.II.OOO.[Cl][Sn]([Cl])([Cl])[Cl].c1ccc(P(c2ccccc2)c2ccccc2)cc1. The van der Waals surface area contributed by atoms with Crippen LogP contribution in [-0.2, 0) is 38.6 Å². The number of hydrogen-bond acceptors (Lipinski definition) is 13. The van der Waals surface area contributed by atoms with Crippen molar-refractivity contribution in [1.82, 2.24) is 0 Å². The Balaban J connectivity index is -0.000000248. The van der Waals surface area contributed by atoms with Crippen molar-refractivity contribution in [2.75, 3.05) is 36.8 Å². The molecule has 147 heavy (non-hydrogen) atoms. The first-order valence-electron chi connectivity index (χ1n) is 56.6. The van der Waals surface area contributed by atoms with E-state index >= 15 is 0 Å². The molecule has 4 aromatic rings. The summed E-state index contributed by atoms with van der Waals surface area (Å²) in [6, 6.07) is 38.3. The second-order valence-electron chi connectivity index (χ2n) is 46.2. The predicted molar refractivity (Wildman–Crippen MR) is 692 cm³/mol. The van der Waals surface area contributed by atoms with E-state index in [0.717, 1.165) is 126 Å². The number of esters is 1. The third-order valence-electron chi connectivity index (χ3n) is 25.0. The molecule has 0 aliphatic carbocycles. The van der Waals surface area contributed by atoms with Crippen LogP contribution in [-0.4, -0.2) is 113 Å². The van der Waals surface area contributed by atoms with E-state index in [1.165, 1.54) is 283 Å². The van der Waals surface area contributed by atoms with Gasteiger partial charge < -0.3 is 19.7 Å². The topological polar surface area (TPSA) is 206 Å². The molecular weight excluding hydrogens is 2450 g/mol. The Labute approximate surface area is 973 Å². The second-order valence-corrected chi connectivity index (χ2v) is 85.9. The number of carbonyl (C=O) groups is 2. The minimum atomic E-state index is -4.02. The van der Waals surface area contributed by atoms with Gasteiger partial charge in [0.1, 0.15) is 5.78 Å². The molecule has 0 fully saturated rings. The fourth-order valence-electron chi connectivity index (χ4n) is 16.2. The summed E-state index contributed by atoms with van der Waals surface area (Å²) in [6.07, 6.45) is 61.8. The number of benzene rings is 4. The number of thioether (sulfide) groups is 1. The number of Topliss-reactive ketones (excluding diaryl/α,β-unsaturated/α-hetero) is 1. The number of alkyl halides is 1. The van der Waals surface area contributed by atoms with Crippen LogP contribution in [0.25, 0.3) is 0 Å². The predicted octanol–water partition coefficient (Wildman–Crippen LogP) is 41.8. The maximum absolute atomic E-state index is 10.9. The van der Waals surface area contributed by atoms with Gasteiger partial charge in [-0.15, -0.1) is 0 Å².